The topological polar surface area (TPSA) is 125 Å². The minimum absolute atomic E-state index is 0.241. The predicted molar refractivity (Wildman–Crippen MR) is 97.8 cm³/mol. The summed E-state index contributed by atoms with van der Waals surface area (Å²) in [6.45, 7) is 4.67. The third-order valence-corrected chi connectivity index (χ3v) is 4.93. The van der Waals surface area contributed by atoms with Gasteiger partial charge in [0.15, 0.2) is 9.84 Å². The molecule has 1 aromatic rings. The first kappa shape index (κ1) is 22.4. The van der Waals surface area contributed by atoms with Crippen LogP contribution < -0.4 is 15.4 Å². The fourth-order valence-electron chi connectivity index (χ4n) is 1.96. The third kappa shape index (κ3) is 7.28. The molecule has 0 bridgehead atoms. The SMILES string of the molecule is CC(C)(CO)C(O)C(=O)NCCNCCOc1ccc(S(C)(=O)=O)cc1. The number of aliphatic hydroxyl groups excluding tert-OH is 2. The number of carbonyl (C=O) groups excluding carboxylic acids is 1. The maximum Gasteiger partial charge on any atom is 0.249 e. The molecule has 0 aromatic heterocycles. The quantitative estimate of drug-likeness (QED) is 0.379. The van der Waals surface area contributed by atoms with Crippen LogP contribution in [0.4, 0.5) is 0 Å². The maximum absolute atomic E-state index is 11.8. The largest absolute Gasteiger partial charge is 0.492 e. The number of nitrogens with one attached hydrogen (secondary N) is 2. The highest BCUT2D eigenvalue weighted by atomic mass is 32.2. The Morgan fingerprint density at radius 2 is 1.81 bits per heavy atom. The van der Waals surface area contributed by atoms with Crippen LogP contribution in [0.3, 0.4) is 0 Å². The minimum Gasteiger partial charge on any atom is -0.492 e. The van der Waals surface area contributed by atoms with E-state index in [-0.39, 0.29) is 11.5 Å². The molecule has 0 saturated heterocycles. The molecule has 9 heteroatoms. The van der Waals surface area contributed by atoms with Gasteiger partial charge in [-0.05, 0) is 24.3 Å². The van der Waals surface area contributed by atoms with Crippen LogP contribution in [0.15, 0.2) is 29.2 Å². The Bertz CT molecular complexity index is 673. The molecule has 0 heterocycles. The smallest absolute Gasteiger partial charge is 0.249 e. The van der Waals surface area contributed by atoms with Crippen LogP contribution in [0.5, 0.6) is 5.75 Å². The molecular formula is C17H28N2O6S. The lowest BCUT2D eigenvalue weighted by molar-refractivity contribution is -0.137. The van der Waals surface area contributed by atoms with Gasteiger partial charge in [0.05, 0.1) is 11.5 Å². The van der Waals surface area contributed by atoms with Crippen molar-refractivity contribution in [2.24, 2.45) is 5.41 Å². The van der Waals surface area contributed by atoms with Gasteiger partial charge >= 0.3 is 0 Å². The molecule has 4 N–H and O–H groups in total. The van der Waals surface area contributed by atoms with Crippen LogP contribution in [0, 0.1) is 5.41 Å². The molecule has 0 fully saturated rings. The van der Waals surface area contributed by atoms with E-state index in [1.807, 2.05) is 0 Å². The van der Waals surface area contributed by atoms with Crippen LogP contribution in [0.25, 0.3) is 0 Å². The summed E-state index contributed by atoms with van der Waals surface area (Å²) in [4.78, 5) is 12.0. The van der Waals surface area contributed by atoms with Crippen LogP contribution in [0.1, 0.15) is 13.8 Å². The molecule has 1 aromatic carbocycles. The summed E-state index contributed by atoms with van der Waals surface area (Å²) >= 11 is 0. The molecule has 1 rings (SSSR count). The van der Waals surface area contributed by atoms with Crippen molar-refractivity contribution in [3.05, 3.63) is 24.3 Å². The Kier molecular flexibility index (Phi) is 8.48. The monoisotopic (exact) mass is 388 g/mol. The van der Waals surface area contributed by atoms with E-state index in [2.05, 4.69) is 10.6 Å². The second-order valence-electron chi connectivity index (χ2n) is 6.68. The van der Waals surface area contributed by atoms with Crippen molar-refractivity contribution in [2.75, 3.05) is 39.1 Å². The van der Waals surface area contributed by atoms with Gasteiger partial charge in [-0.15, -0.1) is 0 Å². The summed E-state index contributed by atoms with van der Waals surface area (Å²) in [5.41, 5.74) is -0.891. The summed E-state index contributed by atoms with van der Waals surface area (Å²) in [6.07, 6.45) is -0.124. The molecule has 0 aliphatic heterocycles. The highest BCUT2D eigenvalue weighted by Crippen LogP contribution is 2.19. The summed E-state index contributed by atoms with van der Waals surface area (Å²) in [6, 6.07) is 6.18. The molecule has 1 atom stereocenters. The maximum atomic E-state index is 11.8. The molecule has 0 radical (unpaired) electrons. The van der Waals surface area contributed by atoms with E-state index in [9.17, 15) is 18.3 Å². The van der Waals surface area contributed by atoms with Gasteiger partial charge in [-0.3, -0.25) is 4.79 Å². The van der Waals surface area contributed by atoms with Crippen molar-refractivity contribution in [1.29, 1.82) is 0 Å². The van der Waals surface area contributed by atoms with Crippen LogP contribution in [-0.4, -0.2) is 69.7 Å². The van der Waals surface area contributed by atoms with E-state index >= 15 is 0 Å². The van der Waals surface area contributed by atoms with Crippen molar-refractivity contribution < 1.29 is 28.2 Å². The molecular weight excluding hydrogens is 360 g/mol. The summed E-state index contributed by atoms with van der Waals surface area (Å²) in [5.74, 6) is 0.0509. The Balaban J connectivity index is 2.19. The first-order chi connectivity index (χ1) is 12.1. The normalized spacial score (nSPS) is 13.3. The van der Waals surface area contributed by atoms with E-state index in [1.165, 1.54) is 12.1 Å². The molecule has 8 nitrogen and oxygen atoms in total. The van der Waals surface area contributed by atoms with Gasteiger partial charge in [-0.2, -0.15) is 0 Å². The van der Waals surface area contributed by atoms with Gasteiger partial charge in [-0.1, -0.05) is 13.8 Å². The number of hydrogen-bond acceptors (Lipinski definition) is 7. The van der Waals surface area contributed by atoms with E-state index in [1.54, 1.807) is 26.0 Å². The van der Waals surface area contributed by atoms with Crippen molar-refractivity contribution in [2.45, 2.75) is 24.8 Å². The lowest BCUT2D eigenvalue weighted by Gasteiger charge is -2.27. The average molecular weight is 388 g/mol. The van der Waals surface area contributed by atoms with Crippen molar-refractivity contribution >= 4 is 15.7 Å². The van der Waals surface area contributed by atoms with E-state index in [0.717, 1.165) is 6.26 Å². The zero-order valence-corrected chi connectivity index (χ0v) is 16.2. The number of sulfone groups is 1. The Morgan fingerprint density at radius 3 is 2.35 bits per heavy atom. The van der Waals surface area contributed by atoms with Gasteiger partial charge in [-0.25, -0.2) is 8.42 Å². The zero-order chi connectivity index (χ0) is 19.8. The van der Waals surface area contributed by atoms with Gasteiger partial charge < -0.3 is 25.6 Å². The zero-order valence-electron chi connectivity index (χ0n) is 15.4. The number of amides is 1. The lowest BCUT2D eigenvalue weighted by Crippen LogP contribution is -2.47. The second kappa shape index (κ2) is 9.86. The van der Waals surface area contributed by atoms with E-state index in [4.69, 9.17) is 9.84 Å². The molecule has 26 heavy (non-hydrogen) atoms. The summed E-state index contributed by atoms with van der Waals surface area (Å²) < 4.78 is 28.2. The highest BCUT2D eigenvalue weighted by molar-refractivity contribution is 7.90. The van der Waals surface area contributed by atoms with Gasteiger partial charge in [0.2, 0.25) is 5.91 Å². The van der Waals surface area contributed by atoms with Crippen LogP contribution in [0.2, 0.25) is 0 Å². The predicted octanol–water partition coefficient (Wildman–Crippen LogP) is -0.446. The fraction of sp³-hybridized carbons (Fsp3) is 0.588. The number of rotatable bonds is 11. The molecule has 0 aliphatic carbocycles. The first-order valence-corrected chi connectivity index (χ1v) is 10.2. The number of ether oxygens (including phenoxy) is 1. The molecule has 148 valence electrons. The van der Waals surface area contributed by atoms with Crippen molar-refractivity contribution in [1.82, 2.24) is 10.6 Å². The van der Waals surface area contributed by atoms with E-state index < -0.39 is 27.3 Å². The van der Waals surface area contributed by atoms with Crippen molar-refractivity contribution in [3.63, 3.8) is 0 Å². The third-order valence-electron chi connectivity index (χ3n) is 3.80. The lowest BCUT2D eigenvalue weighted by atomic mass is 9.87. The molecule has 0 aliphatic rings. The van der Waals surface area contributed by atoms with Crippen LogP contribution >= 0.6 is 0 Å². The highest BCUT2D eigenvalue weighted by Gasteiger charge is 2.32. The second-order valence-corrected chi connectivity index (χ2v) is 8.70. The Hall–Kier alpha value is -1.68. The number of carbonyl (C=O) groups is 1. The summed E-state index contributed by atoms with van der Waals surface area (Å²) in [5, 5.41) is 24.6. The average Bonchev–Trinajstić information content (AvgIpc) is 2.59. The molecule has 0 spiro atoms. The number of hydrogen-bond donors (Lipinski definition) is 4. The van der Waals surface area contributed by atoms with Gasteiger partial charge in [0.1, 0.15) is 18.5 Å². The summed E-state index contributed by atoms with van der Waals surface area (Å²) in [7, 11) is -3.21. The van der Waals surface area contributed by atoms with Gasteiger partial charge in [0.25, 0.3) is 0 Å². The standard InChI is InChI=1S/C17H28N2O6S/c1-17(2,12-20)15(21)16(22)19-9-8-18-10-11-25-13-4-6-14(7-5-13)26(3,23)24/h4-7,15,18,20-21H,8-12H2,1-3H3,(H,19,22). The van der Waals surface area contributed by atoms with Crippen molar-refractivity contribution in [3.8, 4) is 5.75 Å². The molecule has 1 unspecified atom stereocenters. The molecule has 1 amide bonds. The fourth-order valence-corrected chi connectivity index (χ4v) is 2.59. The number of aliphatic hydroxyl groups is 2. The van der Waals surface area contributed by atoms with E-state index in [0.29, 0.717) is 32.0 Å². The first-order valence-electron chi connectivity index (χ1n) is 8.28. The Labute approximate surface area is 154 Å². The Morgan fingerprint density at radius 1 is 1.19 bits per heavy atom. The number of benzene rings is 1. The minimum atomic E-state index is -3.21. The van der Waals surface area contributed by atoms with Crippen LogP contribution in [-0.2, 0) is 14.6 Å². The molecule has 0 saturated carbocycles. The van der Waals surface area contributed by atoms with Gasteiger partial charge in [0, 0.05) is 31.3 Å².